The van der Waals surface area contributed by atoms with Gasteiger partial charge in [0.2, 0.25) is 0 Å². The third-order valence-corrected chi connectivity index (χ3v) is 3.70. The first-order valence-corrected chi connectivity index (χ1v) is 7.17. The minimum atomic E-state index is -4.61. The topological polar surface area (TPSA) is 50.2 Å². The molecule has 2 aromatic rings. The number of aromatic nitrogens is 1. The molecule has 0 spiro atoms. The van der Waals surface area contributed by atoms with Gasteiger partial charge in [-0.15, -0.1) is 0 Å². The Morgan fingerprint density at radius 2 is 2.00 bits per heavy atom. The summed E-state index contributed by atoms with van der Waals surface area (Å²) in [5.74, 6) is -2.13. The van der Waals surface area contributed by atoms with Crippen molar-refractivity contribution in [3.05, 3.63) is 52.8 Å². The number of carboxylic acids is 1. The molecule has 0 bridgehead atoms. The Morgan fingerprint density at radius 3 is 2.52 bits per heavy atom. The summed E-state index contributed by atoms with van der Waals surface area (Å²) >= 11 is 5.74. The molecule has 0 saturated heterocycles. The molecule has 122 valence electrons. The molecule has 1 aromatic carbocycles. The van der Waals surface area contributed by atoms with Gasteiger partial charge >= 0.3 is 12.1 Å². The first-order valence-electron chi connectivity index (χ1n) is 6.80. The Labute approximate surface area is 135 Å². The maximum atomic E-state index is 13.4. The van der Waals surface area contributed by atoms with Crippen LogP contribution in [0.5, 0.6) is 0 Å². The normalized spacial score (nSPS) is 12.9. The van der Waals surface area contributed by atoms with Gasteiger partial charge in [0, 0.05) is 6.20 Å². The van der Waals surface area contributed by atoms with Crippen LogP contribution in [0.2, 0.25) is 5.15 Å². The molecule has 3 nitrogen and oxygen atoms in total. The van der Waals surface area contributed by atoms with E-state index in [-0.39, 0.29) is 28.3 Å². The van der Waals surface area contributed by atoms with Crippen LogP contribution in [-0.2, 0) is 11.0 Å². The minimum absolute atomic E-state index is 0.0641. The highest BCUT2D eigenvalue weighted by Gasteiger charge is 2.35. The lowest BCUT2D eigenvalue weighted by Crippen LogP contribution is -2.13. The van der Waals surface area contributed by atoms with E-state index in [1.165, 1.54) is 30.5 Å². The molecule has 7 heteroatoms. The van der Waals surface area contributed by atoms with E-state index in [9.17, 15) is 18.0 Å². The zero-order valence-corrected chi connectivity index (χ0v) is 12.8. The Bertz CT molecular complexity index is 732. The first-order chi connectivity index (χ1) is 10.7. The molecule has 1 N–H and O–H groups in total. The first kappa shape index (κ1) is 17.3. The number of nitrogens with zero attached hydrogens (tertiary/aromatic N) is 1. The molecule has 1 atom stereocenters. The number of aliphatic carboxylic acids is 1. The van der Waals surface area contributed by atoms with Crippen LogP contribution >= 0.6 is 11.6 Å². The maximum absolute atomic E-state index is 13.4. The minimum Gasteiger partial charge on any atom is -0.481 e. The van der Waals surface area contributed by atoms with Gasteiger partial charge in [-0.25, -0.2) is 4.98 Å². The molecule has 0 amide bonds. The molecule has 2 rings (SSSR count). The fourth-order valence-corrected chi connectivity index (χ4v) is 2.56. The quantitative estimate of drug-likeness (QED) is 0.795. The zero-order valence-electron chi connectivity index (χ0n) is 12.1. The second-order valence-electron chi connectivity index (χ2n) is 4.97. The van der Waals surface area contributed by atoms with Crippen LogP contribution < -0.4 is 0 Å². The highest BCUT2D eigenvalue weighted by molar-refractivity contribution is 6.29. The highest BCUT2D eigenvalue weighted by Crippen LogP contribution is 2.39. The Morgan fingerprint density at radius 1 is 1.30 bits per heavy atom. The summed E-state index contributed by atoms with van der Waals surface area (Å²) in [6.45, 7) is 1.61. The summed E-state index contributed by atoms with van der Waals surface area (Å²) in [4.78, 5) is 14.9. The standard InChI is InChI=1S/C16H13ClF3NO2/c1-2-11(15(22)23)9-3-4-12(13(7-9)16(18,19)20)10-5-6-21-14(17)8-10/h3-8,11H,2H2,1H3,(H,22,23). The summed E-state index contributed by atoms with van der Waals surface area (Å²) in [7, 11) is 0. The van der Waals surface area contributed by atoms with E-state index in [2.05, 4.69) is 4.98 Å². The molecule has 0 aliphatic rings. The van der Waals surface area contributed by atoms with Gasteiger partial charge in [0.05, 0.1) is 11.5 Å². The maximum Gasteiger partial charge on any atom is 0.417 e. The van der Waals surface area contributed by atoms with Crippen LogP contribution in [0.15, 0.2) is 36.5 Å². The van der Waals surface area contributed by atoms with Crippen molar-refractivity contribution < 1.29 is 23.1 Å². The van der Waals surface area contributed by atoms with Gasteiger partial charge in [-0.1, -0.05) is 30.7 Å². The molecule has 0 aliphatic heterocycles. The van der Waals surface area contributed by atoms with Crippen LogP contribution in [0.4, 0.5) is 13.2 Å². The second kappa shape index (κ2) is 6.58. The summed E-state index contributed by atoms with van der Waals surface area (Å²) in [6, 6.07) is 6.33. The van der Waals surface area contributed by atoms with E-state index in [0.717, 1.165) is 6.07 Å². The highest BCUT2D eigenvalue weighted by atomic mass is 35.5. The number of pyridine rings is 1. The molecule has 0 saturated carbocycles. The molecule has 1 unspecified atom stereocenters. The number of halogens is 4. The number of hydrogen-bond acceptors (Lipinski definition) is 2. The second-order valence-corrected chi connectivity index (χ2v) is 5.36. The van der Waals surface area contributed by atoms with Gasteiger partial charge in [0.1, 0.15) is 5.15 Å². The smallest absolute Gasteiger partial charge is 0.417 e. The van der Waals surface area contributed by atoms with E-state index in [1.54, 1.807) is 6.92 Å². The van der Waals surface area contributed by atoms with Crippen molar-refractivity contribution in [3.8, 4) is 11.1 Å². The van der Waals surface area contributed by atoms with Crippen LogP contribution in [0, 0.1) is 0 Å². The predicted octanol–water partition coefficient (Wildman–Crippen LogP) is 5.00. The van der Waals surface area contributed by atoms with Crippen molar-refractivity contribution in [2.45, 2.75) is 25.4 Å². The monoisotopic (exact) mass is 343 g/mol. The lowest BCUT2D eigenvalue weighted by molar-refractivity contribution is -0.140. The summed E-state index contributed by atoms with van der Waals surface area (Å²) in [5, 5.41) is 9.22. The van der Waals surface area contributed by atoms with Crippen LogP contribution in [-0.4, -0.2) is 16.1 Å². The number of alkyl halides is 3. The Kier molecular flexibility index (Phi) is 4.94. The van der Waals surface area contributed by atoms with E-state index in [1.807, 2.05) is 0 Å². The molecule has 0 fully saturated rings. The number of hydrogen-bond donors (Lipinski definition) is 1. The summed E-state index contributed by atoms with van der Waals surface area (Å²) in [6.07, 6.45) is -3.09. The van der Waals surface area contributed by atoms with Gasteiger partial charge in [0.25, 0.3) is 0 Å². The molecular weight excluding hydrogens is 331 g/mol. The Hall–Kier alpha value is -2.08. The predicted molar refractivity (Wildman–Crippen MR) is 80.4 cm³/mol. The SMILES string of the molecule is CCC(C(=O)O)c1ccc(-c2ccnc(Cl)c2)c(C(F)(F)F)c1. The molecule has 23 heavy (non-hydrogen) atoms. The van der Waals surface area contributed by atoms with Crippen LogP contribution in [0.25, 0.3) is 11.1 Å². The van der Waals surface area contributed by atoms with Gasteiger partial charge in [0.15, 0.2) is 0 Å². The Balaban J connectivity index is 2.63. The third-order valence-electron chi connectivity index (χ3n) is 3.50. The van der Waals surface area contributed by atoms with Crippen molar-refractivity contribution in [2.24, 2.45) is 0 Å². The van der Waals surface area contributed by atoms with E-state index in [4.69, 9.17) is 16.7 Å². The largest absolute Gasteiger partial charge is 0.481 e. The molecular formula is C16H13ClF3NO2. The lowest BCUT2D eigenvalue weighted by atomic mass is 9.91. The fourth-order valence-electron chi connectivity index (χ4n) is 2.39. The number of rotatable bonds is 4. The van der Waals surface area contributed by atoms with E-state index >= 15 is 0 Å². The number of benzene rings is 1. The van der Waals surface area contributed by atoms with E-state index in [0.29, 0.717) is 0 Å². The van der Waals surface area contributed by atoms with Crippen molar-refractivity contribution >= 4 is 17.6 Å². The average molecular weight is 344 g/mol. The van der Waals surface area contributed by atoms with Gasteiger partial charge < -0.3 is 5.11 Å². The average Bonchev–Trinajstić information content (AvgIpc) is 2.46. The lowest BCUT2D eigenvalue weighted by Gasteiger charge is -2.17. The van der Waals surface area contributed by atoms with Gasteiger partial charge in [-0.3, -0.25) is 4.79 Å². The molecule has 1 aromatic heterocycles. The number of carboxylic acid groups (broad SMARTS) is 1. The van der Waals surface area contributed by atoms with E-state index < -0.39 is 23.6 Å². The van der Waals surface area contributed by atoms with Crippen LogP contribution in [0.1, 0.15) is 30.4 Å². The van der Waals surface area contributed by atoms with Crippen molar-refractivity contribution in [1.82, 2.24) is 4.98 Å². The fraction of sp³-hybridized carbons (Fsp3) is 0.250. The van der Waals surface area contributed by atoms with Crippen molar-refractivity contribution in [2.75, 3.05) is 0 Å². The molecule has 1 heterocycles. The summed E-state index contributed by atoms with van der Waals surface area (Å²) in [5.41, 5.74) is -0.564. The summed E-state index contributed by atoms with van der Waals surface area (Å²) < 4.78 is 40.2. The van der Waals surface area contributed by atoms with Crippen molar-refractivity contribution in [3.63, 3.8) is 0 Å². The van der Waals surface area contributed by atoms with Gasteiger partial charge in [-0.05, 0) is 41.3 Å². The molecule has 0 radical (unpaired) electrons. The number of carbonyl (C=O) groups is 1. The van der Waals surface area contributed by atoms with Gasteiger partial charge in [-0.2, -0.15) is 13.2 Å². The molecule has 0 aliphatic carbocycles. The zero-order chi connectivity index (χ0) is 17.2. The van der Waals surface area contributed by atoms with Crippen molar-refractivity contribution in [1.29, 1.82) is 0 Å². The third kappa shape index (κ3) is 3.82. The van der Waals surface area contributed by atoms with Crippen LogP contribution in [0.3, 0.4) is 0 Å².